The molecule has 0 bridgehead atoms. The molecule has 2 heterocycles. The average Bonchev–Trinajstić information content (AvgIpc) is 2.97. The van der Waals surface area contributed by atoms with Gasteiger partial charge in [-0.05, 0) is 45.6 Å². The van der Waals surface area contributed by atoms with Crippen LogP contribution in [0.4, 0.5) is 0 Å². The molecule has 1 unspecified atom stereocenters. The van der Waals surface area contributed by atoms with Crippen LogP contribution in [-0.2, 0) is 32.0 Å². The maximum Gasteiger partial charge on any atom is 0.326 e. The molecule has 1 aliphatic carbocycles. The van der Waals surface area contributed by atoms with E-state index in [2.05, 4.69) is 4.98 Å². The van der Waals surface area contributed by atoms with E-state index in [1.54, 1.807) is 20.8 Å². The van der Waals surface area contributed by atoms with Gasteiger partial charge in [-0.1, -0.05) is 0 Å². The van der Waals surface area contributed by atoms with Gasteiger partial charge in [-0.15, -0.1) is 11.3 Å². The lowest BCUT2D eigenvalue weighted by atomic mass is 9.86. The summed E-state index contributed by atoms with van der Waals surface area (Å²) in [6.45, 7) is 5.55. The van der Waals surface area contributed by atoms with Crippen molar-refractivity contribution < 1.29 is 19.1 Å². The average molecular weight is 378 g/mol. The highest BCUT2D eigenvalue weighted by Crippen LogP contribution is 2.41. The fraction of sp³-hybridized carbons (Fsp3) is 0.556. The van der Waals surface area contributed by atoms with Gasteiger partial charge in [0.2, 0.25) is 0 Å². The van der Waals surface area contributed by atoms with Crippen LogP contribution in [0, 0.1) is 6.92 Å². The third-order valence-corrected chi connectivity index (χ3v) is 5.68. The summed E-state index contributed by atoms with van der Waals surface area (Å²) in [6.07, 6.45) is 2.35. The van der Waals surface area contributed by atoms with Crippen molar-refractivity contribution in [3.05, 3.63) is 26.6 Å². The Hall–Kier alpha value is -2.22. The molecule has 2 aromatic heterocycles. The number of nitrogens with zero attached hydrogens (tertiary/aromatic N) is 2. The lowest BCUT2D eigenvalue weighted by molar-refractivity contribution is -0.145. The van der Waals surface area contributed by atoms with Gasteiger partial charge in [-0.3, -0.25) is 19.0 Å². The van der Waals surface area contributed by atoms with Crippen molar-refractivity contribution in [3.8, 4) is 0 Å². The number of hydrogen-bond acceptors (Lipinski definition) is 7. The van der Waals surface area contributed by atoms with E-state index < -0.39 is 11.9 Å². The number of rotatable bonds is 5. The van der Waals surface area contributed by atoms with Gasteiger partial charge in [0.05, 0.1) is 24.5 Å². The van der Waals surface area contributed by atoms with Crippen LogP contribution in [-0.4, -0.2) is 34.7 Å². The minimum atomic E-state index is -0.482. The Morgan fingerprint density at radius 3 is 2.69 bits per heavy atom. The summed E-state index contributed by atoms with van der Waals surface area (Å²) in [6, 6.07) is 0. The number of aryl methyl sites for hydroxylation is 2. The van der Waals surface area contributed by atoms with Crippen molar-refractivity contribution >= 4 is 33.5 Å². The molecule has 8 heteroatoms. The molecule has 0 radical (unpaired) electrons. The molecule has 0 aliphatic heterocycles. The van der Waals surface area contributed by atoms with Crippen LogP contribution in [0.1, 0.15) is 48.9 Å². The molecule has 0 amide bonds. The fourth-order valence-electron chi connectivity index (χ4n) is 3.42. The SMILES string of the molecule is CCOC(=O)Cn1c(C)nc2sc3c(c2c1=O)C(C(=O)OCC)CCC3. The maximum atomic E-state index is 13.1. The van der Waals surface area contributed by atoms with Crippen molar-refractivity contribution in [1.29, 1.82) is 0 Å². The second kappa shape index (κ2) is 7.57. The molecule has 0 saturated heterocycles. The van der Waals surface area contributed by atoms with Gasteiger partial charge < -0.3 is 9.47 Å². The molecular formula is C18H22N2O5S. The first-order valence-corrected chi connectivity index (χ1v) is 9.64. The Balaban J connectivity index is 2.15. The smallest absolute Gasteiger partial charge is 0.326 e. The summed E-state index contributed by atoms with van der Waals surface area (Å²) in [5.41, 5.74) is 0.444. The van der Waals surface area contributed by atoms with Crippen molar-refractivity contribution in [3.63, 3.8) is 0 Å². The Morgan fingerprint density at radius 1 is 1.27 bits per heavy atom. The first kappa shape index (κ1) is 18.6. The monoisotopic (exact) mass is 378 g/mol. The molecule has 26 heavy (non-hydrogen) atoms. The summed E-state index contributed by atoms with van der Waals surface area (Å²) in [5.74, 6) is -0.766. The van der Waals surface area contributed by atoms with E-state index in [-0.39, 0.29) is 24.7 Å². The Morgan fingerprint density at radius 2 is 2.00 bits per heavy atom. The van der Waals surface area contributed by atoms with Crippen molar-refractivity contribution in [2.45, 2.75) is 52.5 Å². The Kier molecular flexibility index (Phi) is 5.41. The topological polar surface area (TPSA) is 87.5 Å². The third-order valence-electron chi connectivity index (χ3n) is 4.53. The van der Waals surface area contributed by atoms with E-state index in [4.69, 9.17) is 9.47 Å². The molecule has 1 aliphatic rings. The quantitative estimate of drug-likeness (QED) is 0.742. The second-order valence-corrected chi connectivity index (χ2v) is 7.25. The molecule has 1 atom stereocenters. The van der Waals surface area contributed by atoms with Crippen LogP contribution in [0.3, 0.4) is 0 Å². The molecule has 7 nitrogen and oxygen atoms in total. The predicted octanol–water partition coefficient (Wildman–Crippen LogP) is 2.31. The minimum Gasteiger partial charge on any atom is -0.466 e. The highest BCUT2D eigenvalue weighted by Gasteiger charge is 2.33. The van der Waals surface area contributed by atoms with Gasteiger partial charge in [-0.2, -0.15) is 0 Å². The van der Waals surface area contributed by atoms with E-state index in [1.165, 1.54) is 15.9 Å². The largest absolute Gasteiger partial charge is 0.466 e. The summed E-state index contributed by atoms with van der Waals surface area (Å²) in [5, 5.41) is 0.442. The molecule has 3 rings (SSSR count). The number of carbonyl (C=O) groups is 2. The summed E-state index contributed by atoms with van der Waals surface area (Å²) in [7, 11) is 0. The van der Waals surface area contributed by atoms with Gasteiger partial charge in [0.15, 0.2) is 0 Å². The van der Waals surface area contributed by atoms with Gasteiger partial charge in [0.1, 0.15) is 17.2 Å². The summed E-state index contributed by atoms with van der Waals surface area (Å²) in [4.78, 5) is 43.5. The van der Waals surface area contributed by atoms with E-state index >= 15 is 0 Å². The number of esters is 2. The highest BCUT2D eigenvalue weighted by atomic mass is 32.1. The fourth-order valence-corrected chi connectivity index (χ4v) is 4.73. The molecule has 0 N–H and O–H groups in total. The lowest BCUT2D eigenvalue weighted by Crippen LogP contribution is -2.29. The number of ether oxygens (including phenoxy) is 2. The normalized spacial score (nSPS) is 16.3. The van der Waals surface area contributed by atoms with Crippen LogP contribution >= 0.6 is 11.3 Å². The second-order valence-electron chi connectivity index (χ2n) is 6.17. The third kappa shape index (κ3) is 3.25. The number of carbonyl (C=O) groups excluding carboxylic acids is 2. The highest BCUT2D eigenvalue weighted by molar-refractivity contribution is 7.18. The number of fused-ring (bicyclic) bond motifs is 3. The molecule has 0 spiro atoms. The van der Waals surface area contributed by atoms with Crippen molar-refractivity contribution in [2.24, 2.45) is 0 Å². The van der Waals surface area contributed by atoms with E-state index in [0.717, 1.165) is 23.3 Å². The Bertz CT molecular complexity index is 914. The zero-order valence-electron chi connectivity index (χ0n) is 15.2. The van der Waals surface area contributed by atoms with Gasteiger partial charge in [0.25, 0.3) is 5.56 Å². The molecule has 2 aromatic rings. The molecule has 0 aromatic carbocycles. The molecule has 0 saturated carbocycles. The molecular weight excluding hydrogens is 356 g/mol. The first-order chi connectivity index (χ1) is 12.5. The lowest BCUT2D eigenvalue weighted by Gasteiger charge is -2.21. The van der Waals surface area contributed by atoms with Crippen LogP contribution < -0.4 is 5.56 Å². The van der Waals surface area contributed by atoms with Gasteiger partial charge >= 0.3 is 11.9 Å². The Labute approximate surface area is 154 Å². The number of hydrogen-bond donors (Lipinski definition) is 0. The maximum absolute atomic E-state index is 13.1. The van der Waals surface area contributed by atoms with Crippen LogP contribution in [0.25, 0.3) is 10.2 Å². The summed E-state index contributed by atoms with van der Waals surface area (Å²) < 4.78 is 11.5. The van der Waals surface area contributed by atoms with Gasteiger partial charge in [-0.25, -0.2) is 4.98 Å². The van der Waals surface area contributed by atoms with E-state index in [9.17, 15) is 14.4 Å². The van der Waals surface area contributed by atoms with Crippen LogP contribution in [0.5, 0.6) is 0 Å². The van der Waals surface area contributed by atoms with Crippen molar-refractivity contribution in [1.82, 2.24) is 9.55 Å². The van der Waals surface area contributed by atoms with Crippen LogP contribution in [0.15, 0.2) is 4.79 Å². The van der Waals surface area contributed by atoms with E-state index in [0.29, 0.717) is 29.1 Å². The number of thiophene rings is 1. The number of aromatic nitrogens is 2. The zero-order valence-corrected chi connectivity index (χ0v) is 16.0. The minimum absolute atomic E-state index is 0.184. The summed E-state index contributed by atoms with van der Waals surface area (Å²) >= 11 is 1.46. The van der Waals surface area contributed by atoms with E-state index in [1.807, 2.05) is 0 Å². The van der Waals surface area contributed by atoms with Crippen LogP contribution in [0.2, 0.25) is 0 Å². The molecule has 0 fully saturated rings. The zero-order chi connectivity index (χ0) is 18.8. The standard InChI is InChI=1S/C18H22N2O5S/c1-4-24-13(21)9-20-10(3)19-16-15(17(20)22)14-11(18(23)25-5-2)7-6-8-12(14)26-16/h11H,4-9H2,1-3H3. The molecule has 140 valence electrons. The predicted molar refractivity (Wildman–Crippen MR) is 97.6 cm³/mol. The van der Waals surface area contributed by atoms with Crippen molar-refractivity contribution in [2.75, 3.05) is 13.2 Å². The van der Waals surface area contributed by atoms with Gasteiger partial charge in [0, 0.05) is 4.88 Å². The first-order valence-electron chi connectivity index (χ1n) is 8.82.